The van der Waals surface area contributed by atoms with Gasteiger partial charge in [-0.25, -0.2) is 0 Å². The maximum atomic E-state index is 12.7. The maximum Gasteiger partial charge on any atom is 0.276 e. The average Bonchev–Trinajstić information content (AvgIpc) is 2.57. The van der Waals surface area contributed by atoms with Gasteiger partial charge in [-0.15, -0.1) is 0 Å². The summed E-state index contributed by atoms with van der Waals surface area (Å²) in [6.45, 7) is 3.83. The highest BCUT2D eigenvalue weighted by molar-refractivity contribution is 6.05. The van der Waals surface area contributed by atoms with Gasteiger partial charge in [0, 0.05) is 37.8 Å². The van der Waals surface area contributed by atoms with Gasteiger partial charge in [0.05, 0.1) is 6.61 Å². The van der Waals surface area contributed by atoms with E-state index in [1.807, 2.05) is 43.3 Å². The van der Waals surface area contributed by atoms with Crippen molar-refractivity contribution in [2.45, 2.75) is 6.92 Å². The van der Waals surface area contributed by atoms with Gasteiger partial charge in [0.2, 0.25) is 0 Å². The zero-order valence-electron chi connectivity index (χ0n) is 13.0. The average molecular weight is 299 g/mol. The van der Waals surface area contributed by atoms with Gasteiger partial charge in [-0.05, 0) is 31.2 Å². The quantitative estimate of drug-likeness (QED) is 0.799. The van der Waals surface area contributed by atoms with Gasteiger partial charge in [-0.3, -0.25) is 9.78 Å². The summed E-state index contributed by atoms with van der Waals surface area (Å²) >= 11 is 0. The monoisotopic (exact) mass is 299 g/mol. The number of rotatable bonds is 7. The fourth-order valence-electron chi connectivity index (χ4n) is 2.14. The molecular weight excluding hydrogens is 278 g/mol. The van der Waals surface area contributed by atoms with Crippen LogP contribution < -0.4 is 10.2 Å². The molecule has 0 atom stereocenters. The van der Waals surface area contributed by atoms with E-state index in [1.54, 1.807) is 24.3 Å². The molecule has 116 valence electrons. The van der Waals surface area contributed by atoms with Gasteiger partial charge in [-0.1, -0.05) is 18.2 Å². The van der Waals surface area contributed by atoms with Crippen LogP contribution in [0.5, 0.6) is 0 Å². The summed E-state index contributed by atoms with van der Waals surface area (Å²) in [5.74, 6) is -0.107. The van der Waals surface area contributed by atoms with Crippen LogP contribution in [-0.4, -0.2) is 37.7 Å². The van der Waals surface area contributed by atoms with Crippen LogP contribution >= 0.6 is 0 Å². The number of hydrogen-bond acceptors (Lipinski definition) is 4. The van der Waals surface area contributed by atoms with Crippen molar-refractivity contribution in [1.82, 2.24) is 4.98 Å². The second-order valence-electron chi connectivity index (χ2n) is 4.73. The van der Waals surface area contributed by atoms with E-state index >= 15 is 0 Å². The van der Waals surface area contributed by atoms with Crippen molar-refractivity contribution < 1.29 is 9.53 Å². The third kappa shape index (κ3) is 4.05. The Morgan fingerprint density at radius 2 is 2.05 bits per heavy atom. The number of aromatic nitrogens is 1. The number of anilines is 2. The van der Waals surface area contributed by atoms with Gasteiger partial charge in [0.15, 0.2) is 0 Å². The number of benzene rings is 1. The molecule has 1 amide bonds. The minimum absolute atomic E-state index is 0.107. The number of ether oxygens (including phenoxy) is 1. The van der Waals surface area contributed by atoms with Gasteiger partial charge in [0.1, 0.15) is 5.69 Å². The number of nitrogens with one attached hydrogen (secondary N) is 1. The maximum absolute atomic E-state index is 12.7. The summed E-state index contributed by atoms with van der Waals surface area (Å²) < 4.78 is 5.00. The molecule has 0 bridgehead atoms. The Bertz CT molecular complexity index is 602. The van der Waals surface area contributed by atoms with Crippen LogP contribution in [0.2, 0.25) is 0 Å². The number of para-hydroxylation sites is 1. The molecule has 1 aromatic heterocycles. The predicted octanol–water partition coefficient (Wildman–Crippen LogP) is 2.81. The number of methoxy groups -OCH3 is 1. The topological polar surface area (TPSA) is 54.5 Å². The van der Waals surface area contributed by atoms with Crippen LogP contribution in [0.4, 0.5) is 11.4 Å². The van der Waals surface area contributed by atoms with Crippen molar-refractivity contribution in [2.75, 3.05) is 37.0 Å². The lowest BCUT2D eigenvalue weighted by Gasteiger charge is -2.20. The van der Waals surface area contributed by atoms with Gasteiger partial charge >= 0.3 is 0 Å². The van der Waals surface area contributed by atoms with E-state index in [9.17, 15) is 4.79 Å². The van der Waals surface area contributed by atoms with Crippen LogP contribution in [0, 0.1) is 0 Å². The molecule has 5 nitrogen and oxygen atoms in total. The molecule has 1 aromatic carbocycles. The lowest BCUT2D eigenvalue weighted by molar-refractivity contribution is 0.0983. The molecule has 0 spiro atoms. The largest absolute Gasteiger partial charge is 0.383 e. The van der Waals surface area contributed by atoms with Crippen molar-refractivity contribution in [2.24, 2.45) is 0 Å². The minimum Gasteiger partial charge on any atom is -0.383 e. The first-order valence-corrected chi connectivity index (χ1v) is 7.32. The Morgan fingerprint density at radius 3 is 2.73 bits per heavy atom. The smallest absolute Gasteiger partial charge is 0.276 e. The van der Waals surface area contributed by atoms with Gasteiger partial charge in [0.25, 0.3) is 5.91 Å². The van der Waals surface area contributed by atoms with Crippen molar-refractivity contribution in [3.05, 3.63) is 54.4 Å². The zero-order valence-corrected chi connectivity index (χ0v) is 13.0. The lowest BCUT2D eigenvalue weighted by Crippen LogP contribution is -2.31. The SMILES string of the molecule is CCN(C(=O)c1cc(NCCOC)ccn1)c1ccccc1. The second-order valence-corrected chi connectivity index (χ2v) is 4.73. The molecule has 1 N–H and O–H groups in total. The van der Waals surface area contributed by atoms with Crippen molar-refractivity contribution in [3.63, 3.8) is 0 Å². The summed E-state index contributed by atoms with van der Waals surface area (Å²) in [5.41, 5.74) is 2.15. The Morgan fingerprint density at radius 1 is 1.27 bits per heavy atom. The number of pyridine rings is 1. The van der Waals surface area contributed by atoms with E-state index in [2.05, 4.69) is 10.3 Å². The number of nitrogens with zero attached hydrogens (tertiary/aromatic N) is 2. The Kier molecular flexibility index (Phi) is 5.91. The highest BCUT2D eigenvalue weighted by Crippen LogP contribution is 2.17. The van der Waals surface area contributed by atoms with Gasteiger partial charge in [-0.2, -0.15) is 0 Å². The van der Waals surface area contributed by atoms with Crippen LogP contribution in [0.15, 0.2) is 48.7 Å². The molecule has 0 aliphatic carbocycles. The van der Waals surface area contributed by atoms with E-state index in [-0.39, 0.29) is 5.91 Å². The highest BCUT2D eigenvalue weighted by atomic mass is 16.5. The Labute approximate surface area is 130 Å². The molecule has 22 heavy (non-hydrogen) atoms. The molecule has 2 aromatic rings. The summed E-state index contributed by atoms with van der Waals surface area (Å²) in [4.78, 5) is 18.6. The van der Waals surface area contributed by atoms with E-state index in [0.29, 0.717) is 25.4 Å². The third-order valence-electron chi connectivity index (χ3n) is 3.24. The zero-order chi connectivity index (χ0) is 15.8. The molecule has 0 saturated carbocycles. The van der Waals surface area contributed by atoms with Crippen molar-refractivity contribution >= 4 is 17.3 Å². The summed E-state index contributed by atoms with van der Waals surface area (Å²) in [7, 11) is 1.65. The normalized spacial score (nSPS) is 10.3. The molecule has 0 aliphatic heterocycles. The van der Waals surface area contributed by atoms with E-state index in [0.717, 1.165) is 11.4 Å². The molecule has 0 saturated heterocycles. The first-order chi connectivity index (χ1) is 10.8. The van der Waals surface area contributed by atoms with E-state index in [4.69, 9.17) is 4.74 Å². The van der Waals surface area contributed by atoms with E-state index in [1.165, 1.54) is 0 Å². The molecule has 0 radical (unpaired) electrons. The summed E-state index contributed by atoms with van der Waals surface area (Å²) in [5, 5.41) is 3.20. The van der Waals surface area contributed by atoms with Gasteiger partial charge < -0.3 is 15.0 Å². The lowest BCUT2D eigenvalue weighted by atomic mass is 10.2. The van der Waals surface area contributed by atoms with Crippen molar-refractivity contribution in [1.29, 1.82) is 0 Å². The molecule has 2 rings (SSSR count). The van der Waals surface area contributed by atoms with Crippen LogP contribution in [0.1, 0.15) is 17.4 Å². The number of hydrogen-bond donors (Lipinski definition) is 1. The van der Waals surface area contributed by atoms with Crippen LogP contribution in [0.3, 0.4) is 0 Å². The summed E-state index contributed by atoms with van der Waals surface area (Å²) in [6, 6.07) is 13.2. The highest BCUT2D eigenvalue weighted by Gasteiger charge is 2.17. The molecular formula is C17H21N3O2. The first-order valence-electron chi connectivity index (χ1n) is 7.32. The fraction of sp³-hybridized carbons (Fsp3) is 0.294. The number of carbonyl (C=O) groups is 1. The predicted molar refractivity (Wildman–Crippen MR) is 88.4 cm³/mol. The Hall–Kier alpha value is -2.40. The molecule has 0 aliphatic rings. The standard InChI is InChI=1S/C17H21N3O2/c1-3-20(15-7-5-4-6-8-15)17(21)16-13-14(9-10-19-16)18-11-12-22-2/h4-10,13H,3,11-12H2,1-2H3,(H,18,19). The van der Waals surface area contributed by atoms with Crippen molar-refractivity contribution in [3.8, 4) is 0 Å². The molecule has 0 fully saturated rings. The first kappa shape index (κ1) is 16.0. The van der Waals surface area contributed by atoms with Crippen LogP contribution in [-0.2, 0) is 4.74 Å². The Balaban J connectivity index is 2.15. The summed E-state index contributed by atoms with van der Waals surface area (Å²) in [6.07, 6.45) is 1.64. The number of amides is 1. The number of carbonyl (C=O) groups excluding carboxylic acids is 1. The minimum atomic E-state index is -0.107. The fourth-order valence-corrected chi connectivity index (χ4v) is 2.14. The molecule has 1 heterocycles. The third-order valence-corrected chi connectivity index (χ3v) is 3.24. The van der Waals surface area contributed by atoms with Crippen LogP contribution in [0.25, 0.3) is 0 Å². The molecule has 0 unspecified atom stereocenters. The molecule has 5 heteroatoms. The van der Waals surface area contributed by atoms with E-state index < -0.39 is 0 Å². The second kappa shape index (κ2) is 8.14.